The van der Waals surface area contributed by atoms with Crippen LogP contribution in [0.25, 0.3) is 0 Å². The molecule has 10 nitrogen and oxygen atoms in total. The zero-order valence-electron chi connectivity index (χ0n) is 23.2. The lowest BCUT2D eigenvalue weighted by Crippen LogP contribution is -2.26. The zero-order valence-corrected chi connectivity index (χ0v) is 23.2. The minimum Gasteiger partial charge on any atom is -0.339 e. The Morgan fingerprint density at radius 1 is 0.550 bits per heavy atom. The van der Waals surface area contributed by atoms with Gasteiger partial charge in [-0.25, -0.2) is 19.9 Å². The molecule has 40 heavy (non-hydrogen) atoms. The van der Waals surface area contributed by atoms with E-state index in [4.69, 9.17) is 9.97 Å². The van der Waals surface area contributed by atoms with Crippen LogP contribution < -0.4 is 19.6 Å². The molecule has 0 saturated heterocycles. The van der Waals surface area contributed by atoms with E-state index in [-0.39, 0.29) is 0 Å². The summed E-state index contributed by atoms with van der Waals surface area (Å²) in [5.41, 5.74) is 5.90. The summed E-state index contributed by atoms with van der Waals surface area (Å²) < 4.78 is 0. The second-order valence-corrected chi connectivity index (χ2v) is 9.86. The van der Waals surface area contributed by atoms with E-state index in [0.29, 0.717) is 0 Å². The molecule has 0 atom stereocenters. The number of anilines is 8. The van der Waals surface area contributed by atoms with Gasteiger partial charge >= 0.3 is 0 Å². The Bertz CT molecular complexity index is 1480. The van der Waals surface area contributed by atoms with Crippen molar-refractivity contribution < 1.29 is 0 Å². The summed E-state index contributed by atoms with van der Waals surface area (Å²) in [5, 5.41) is 0. The fourth-order valence-corrected chi connectivity index (χ4v) is 5.07. The molecule has 0 saturated carbocycles. The van der Waals surface area contributed by atoms with Crippen LogP contribution in [0.1, 0.15) is 24.2 Å². The van der Waals surface area contributed by atoms with Crippen LogP contribution in [-0.2, 0) is 0 Å². The van der Waals surface area contributed by atoms with Crippen molar-refractivity contribution in [3.63, 3.8) is 0 Å². The monoisotopic (exact) mass is 532 g/mol. The molecule has 0 bridgehead atoms. The molecule has 0 radical (unpaired) electrons. The Kier molecular flexibility index (Phi) is 6.81. The van der Waals surface area contributed by atoms with Crippen molar-refractivity contribution in [1.82, 2.24) is 19.9 Å². The van der Waals surface area contributed by atoms with E-state index in [2.05, 4.69) is 54.0 Å². The summed E-state index contributed by atoms with van der Waals surface area (Å²) in [6.45, 7) is 1.46. The molecule has 4 aromatic rings. The minimum absolute atomic E-state index is 0.731. The Morgan fingerprint density at radius 2 is 0.975 bits per heavy atom. The largest absolute Gasteiger partial charge is 0.339 e. The first-order chi connectivity index (χ1) is 19.5. The fourth-order valence-electron chi connectivity index (χ4n) is 5.07. The quantitative estimate of drug-likeness (QED) is 0.235. The van der Waals surface area contributed by atoms with E-state index in [1.807, 2.05) is 74.7 Å². The summed E-state index contributed by atoms with van der Waals surface area (Å²) in [7, 11) is 8.08. The summed E-state index contributed by atoms with van der Waals surface area (Å²) in [4.78, 5) is 36.2. The molecule has 0 aromatic carbocycles. The maximum Gasteiger partial charge on any atom is 0.158 e. The number of unbranched alkanes of at least 4 members (excludes halogenated alkanes) is 1. The highest BCUT2D eigenvalue weighted by Crippen LogP contribution is 2.44. The maximum atomic E-state index is 4.83. The van der Waals surface area contributed by atoms with E-state index in [1.54, 1.807) is 12.4 Å². The van der Waals surface area contributed by atoms with Gasteiger partial charge in [-0.2, -0.15) is 0 Å². The molecule has 202 valence electrons. The van der Waals surface area contributed by atoms with E-state index < -0.39 is 0 Å². The van der Waals surface area contributed by atoms with Crippen LogP contribution in [0.3, 0.4) is 0 Å². The first kappa shape index (κ1) is 25.4. The molecule has 0 unspecified atom stereocenters. The molecule has 4 aromatic heterocycles. The summed E-state index contributed by atoms with van der Waals surface area (Å²) in [6, 6.07) is 16.2. The van der Waals surface area contributed by atoms with Gasteiger partial charge in [0.1, 0.15) is 0 Å². The van der Waals surface area contributed by atoms with Crippen molar-refractivity contribution in [3.8, 4) is 0 Å². The van der Waals surface area contributed by atoms with Gasteiger partial charge in [-0.1, -0.05) is 0 Å². The maximum absolute atomic E-state index is 4.83. The fraction of sp³-hybridized carbons (Fsp3) is 0.267. The SMILES string of the molecule is CN1c2cccnc2N(C)c2nc(C=NCCCCN=Cc3ccc4c(n3)N(C)c3ncccc3N4C)ccc21. The third-order valence-corrected chi connectivity index (χ3v) is 7.27. The van der Waals surface area contributed by atoms with Gasteiger partial charge < -0.3 is 19.6 Å². The number of hydrogen-bond donors (Lipinski definition) is 0. The highest BCUT2D eigenvalue weighted by atomic mass is 15.3. The molecule has 0 N–H and O–H groups in total. The van der Waals surface area contributed by atoms with Gasteiger partial charge in [-0.05, 0) is 61.4 Å². The standard InChI is InChI=1S/C30H32N10/c1-37-23-9-7-17-33-27(23)39(3)29-25(37)13-11-21(35-29)19-31-15-5-6-16-32-20-22-12-14-26-30(36-22)40(4)28-24(38(26)2)10-8-18-34-28/h7-14,17-20H,5-6,15-16H2,1-4H3. The predicted molar refractivity (Wildman–Crippen MR) is 163 cm³/mol. The molecule has 0 fully saturated rings. The Hall–Kier alpha value is -4.86. The molecule has 6 heterocycles. The molecular formula is C30H32N10. The topological polar surface area (TPSA) is 89.2 Å². The van der Waals surface area contributed by atoms with Crippen LogP contribution in [-0.4, -0.2) is 73.6 Å². The van der Waals surface area contributed by atoms with Crippen LogP contribution in [0, 0.1) is 0 Å². The lowest BCUT2D eigenvalue weighted by atomic mass is 10.2. The van der Waals surface area contributed by atoms with Crippen LogP contribution in [0.4, 0.5) is 46.0 Å². The average molecular weight is 533 g/mol. The second-order valence-electron chi connectivity index (χ2n) is 9.86. The second kappa shape index (κ2) is 10.7. The van der Waals surface area contributed by atoms with Gasteiger partial charge in [0, 0.05) is 66.1 Å². The van der Waals surface area contributed by atoms with Gasteiger partial charge in [0.05, 0.1) is 34.1 Å². The van der Waals surface area contributed by atoms with Gasteiger partial charge in [-0.15, -0.1) is 0 Å². The number of fused-ring (bicyclic) bond motifs is 4. The Morgan fingerprint density at radius 3 is 1.43 bits per heavy atom. The first-order valence-electron chi connectivity index (χ1n) is 13.4. The third kappa shape index (κ3) is 4.61. The smallest absolute Gasteiger partial charge is 0.158 e. The van der Waals surface area contributed by atoms with Gasteiger partial charge in [0.15, 0.2) is 23.3 Å². The number of nitrogens with zero attached hydrogens (tertiary/aromatic N) is 10. The molecular weight excluding hydrogens is 500 g/mol. The van der Waals surface area contributed by atoms with E-state index in [9.17, 15) is 0 Å². The first-order valence-corrected chi connectivity index (χ1v) is 13.4. The number of aliphatic imine (C=N–C) groups is 2. The number of pyridine rings is 4. The van der Waals surface area contributed by atoms with E-state index in [1.165, 1.54) is 0 Å². The van der Waals surface area contributed by atoms with Gasteiger partial charge in [0.2, 0.25) is 0 Å². The highest BCUT2D eigenvalue weighted by molar-refractivity contribution is 5.92. The normalized spacial score (nSPS) is 14.0. The third-order valence-electron chi connectivity index (χ3n) is 7.27. The van der Waals surface area contributed by atoms with Crippen molar-refractivity contribution >= 4 is 58.5 Å². The highest BCUT2D eigenvalue weighted by Gasteiger charge is 2.27. The van der Waals surface area contributed by atoms with Crippen molar-refractivity contribution in [3.05, 3.63) is 72.3 Å². The molecule has 0 spiro atoms. The number of aromatic nitrogens is 4. The van der Waals surface area contributed by atoms with Crippen molar-refractivity contribution in [1.29, 1.82) is 0 Å². The van der Waals surface area contributed by atoms with E-state index >= 15 is 0 Å². The van der Waals surface area contributed by atoms with Crippen LogP contribution >= 0.6 is 0 Å². The molecule has 10 heteroatoms. The summed E-state index contributed by atoms with van der Waals surface area (Å²) in [5.74, 6) is 3.54. The van der Waals surface area contributed by atoms with Crippen molar-refractivity contribution in [2.75, 3.05) is 60.9 Å². The van der Waals surface area contributed by atoms with Crippen molar-refractivity contribution in [2.24, 2.45) is 9.98 Å². The minimum atomic E-state index is 0.731. The van der Waals surface area contributed by atoms with Crippen molar-refractivity contribution in [2.45, 2.75) is 12.8 Å². The van der Waals surface area contributed by atoms with Crippen LogP contribution in [0.5, 0.6) is 0 Å². The van der Waals surface area contributed by atoms with Crippen LogP contribution in [0.2, 0.25) is 0 Å². The molecule has 0 amide bonds. The van der Waals surface area contributed by atoms with Gasteiger partial charge in [0.25, 0.3) is 0 Å². The Balaban J connectivity index is 1.01. The Labute approximate surface area is 234 Å². The molecule has 2 aliphatic rings. The zero-order chi connectivity index (χ0) is 27.6. The predicted octanol–water partition coefficient (Wildman–Crippen LogP) is 5.28. The van der Waals surface area contributed by atoms with E-state index in [0.717, 1.165) is 83.3 Å². The number of rotatable bonds is 7. The van der Waals surface area contributed by atoms with Gasteiger partial charge in [-0.3, -0.25) is 9.98 Å². The van der Waals surface area contributed by atoms with Crippen LogP contribution in [0.15, 0.2) is 70.9 Å². The molecule has 0 aliphatic carbocycles. The molecule has 6 rings (SSSR count). The summed E-state index contributed by atoms with van der Waals surface area (Å²) in [6.07, 6.45) is 9.22. The average Bonchev–Trinajstić information content (AvgIpc) is 3.00. The lowest BCUT2D eigenvalue weighted by Gasteiger charge is -2.34. The number of hydrogen-bond acceptors (Lipinski definition) is 10. The molecule has 2 aliphatic heterocycles. The lowest BCUT2D eigenvalue weighted by molar-refractivity contribution is 0.759. The summed E-state index contributed by atoms with van der Waals surface area (Å²) >= 11 is 0.